The maximum absolute atomic E-state index is 13.1. The van der Waals surface area contributed by atoms with Crippen LogP contribution in [0.15, 0.2) is 66.0 Å². The number of thiazole rings is 1. The summed E-state index contributed by atoms with van der Waals surface area (Å²) in [5.74, 6) is -0.0519. The number of nitrogens with zero attached hydrogens (tertiary/aromatic N) is 2. The maximum atomic E-state index is 13.1. The highest BCUT2D eigenvalue weighted by atomic mass is 32.1. The lowest BCUT2D eigenvalue weighted by Crippen LogP contribution is -2.30. The standard InChI is InChI=1S/C28H35N3O2S/c1-2-3-4-5-6-13-18-27(32)31(20-24-16-11-8-12-17-24)21-26-30-25(22-34-26)28(33)29-19-23-14-9-7-10-15-23/h7-12,14-17,22H,2-6,13,18-21H2,1H3,(H,29,33). The van der Waals surface area contributed by atoms with Gasteiger partial charge >= 0.3 is 0 Å². The van der Waals surface area contributed by atoms with Gasteiger partial charge in [0, 0.05) is 24.9 Å². The third kappa shape index (κ3) is 8.75. The molecule has 0 aliphatic heterocycles. The van der Waals surface area contributed by atoms with Gasteiger partial charge in [-0.2, -0.15) is 0 Å². The van der Waals surface area contributed by atoms with Gasteiger partial charge < -0.3 is 10.2 Å². The fourth-order valence-corrected chi connectivity index (χ4v) is 4.56. The Morgan fingerprint density at radius 2 is 1.50 bits per heavy atom. The third-order valence-electron chi connectivity index (χ3n) is 5.72. The molecule has 34 heavy (non-hydrogen) atoms. The molecule has 3 rings (SSSR count). The van der Waals surface area contributed by atoms with Gasteiger partial charge in [0.25, 0.3) is 5.91 Å². The van der Waals surface area contributed by atoms with Gasteiger partial charge in [0.05, 0.1) is 6.54 Å². The molecule has 0 radical (unpaired) electrons. The Morgan fingerprint density at radius 1 is 0.853 bits per heavy atom. The van der Waals surface area contributed by atoms with Crippen molar-refractivity contribution in [2.75, 3.05) is 0 Å². The van der Waals surface area contributed by atoms with Crippen molar-refractivity contribution in [1.29, 1.82) is 0 Å². The van der Waals surface area contributed by atoms with Gasteiger partial charge in [0.2, 0.25) is 5.91 Å². The van der Waals surface area contributed by atoms with E-state index in [1.54, 1.807) is 5.38 Å². The Labute approximate surface area is 207 Å². The molecule has 0 atom stereocenters. The lowest BCUT2D eigenvalue weighted by atomic mass is 10.1. The number of unbranched alkanes of at least 4 members (excludes halogenated alkanes) is 5. The van der Waals surface area contributed by atoms with Crippen molar-refractivity contribution in [3.63, 3.8) is 0 Å². The predicted octanol–water partition coefficient (Wildman–Crippen LogP) is 6.35. The second-order valence-corrected chi connectivity index (χ2v) is 9.49. The number of aromatic nitrogens is 1. The minimum atomic E-state index is -0.195. The van der Waals surface area contributed by atoms with E-state index in [0.29, 0.717) is 31.7 Å². The van der Waals surface area contributed by atoms with Crippen molar-refractivity contribution in [3.05, 3.63) is 87.9 Å². The van der Waals surface area contributed by atoms with Crippen molar-refractivity contribution in [3.8, 4) is 0 Å². The third-order valence-corrected chi connectivity index (χ3v) is 6.55. The van der Waals surface area contributed by atoms with Crippen LogP contribution in [0.4, 0.5) is 0 Å². The first-order valence-corrected chi connectivity index (χ1v) is 13.1. The van der Waals surface area contributed by atoms with Crippen LogP contribution in [-0.2, 0) is 24.4 Å². The molecule has 180 valence electrons. The van der Waals surface area contributed by atoms with Crippen LogP contribution in [0.1, 0.15) is 78.5 Å². The molecule has 1 aromatic heterocycles. The average molecular weight is 478 g/mol. The van der Waals surface area contributed by atoms with Crippen molar-refractivity contribution in [2.45, 2.75) is 71.5 Å². The van der Waals surface area contributed by atoms with E-state index in [2.05, 4.69) is 17.2 Å². The van der Waals surface area contributed by atoms with Gasteiger partial charge in [0.15, 0.2) is 0 Å². The van der Waals surface area contributed by atoms with Crippen LogP contribution in [-0.4, -0.2) is 21.7 Å². The van der Waals surface area contributed by atoms with E-state index in [9.17, 15) is 9.59 Å². The molecule has 0 saturated carbocycles. The molecule has 0 spiro atoms. The zero-order valence-corrected chi connectivity index (χ0v) is 20.9. The van der Waals surface area contributed by atoms with Gasteiger partial charge in [-0.3, -0.25) is 9.59 Å². The van der Waals surface area contributed by atoms with Gasteiger partial charge in [-0.15, -0.1) is 11.3 Å². The van der Waals surface area contributed by atoms with Crippen LogP contribution in [0.2, 0.25) is 0 Å². The molecule has 3 aromatic rings. The molecule has 1 heterocycles. The van der Waals surface area contributed by atoms with Crippen LogP contribution in [0.5, 0.6) is 0 Å². The van der Waals surface area contributed by atoms with Crippen LogP contribution < -0.4 is 5.32 Å². The summed E-state index contributed by atoms with van der Waals surface area (Å²) in [5.41, 5.74) is 2.54. The zero-order valence-electron chi connectivity index (χ0n) is 20.0. The lowest BCUT2D eigenvalue weighted by Gasteiger charge is -2.22. The fourth-order valence-electron chi connectivity index (χ4n) is 3.77. The summed E-state index contributed by atoms with van der Waals surface area (Å²) >= 11 is 1.43. The quantitative estimate of drug-likeness (QED) is 0.275. The second kappa shape index (κ2) is 14.3. The number of hydrogen-bond acceptors (Lipinski definition) is 4. The number of rotatable bonds is 14. The van der Waals surface area contributed by atoms with Crippen LogP contribution in [0.3, 0.4) is 0 Å². The molecule has 0 saturated heterocycles. The van der Waals surface area contributed by atoms with E-state index in [0.717, 1.165) is 29.0 Å². The number of nitrogens with one attached hydrogen (secondary N) is 1. The van der Waals surface area contributed by atoms with E-state index in [4.69, 9.17) is 0 Å². The Bertz CT molecular complexity index is 1000. The highest BCUT2D eigenvalue weighted by molar-refractivity contribution is 7.09. The summed E-state index contributed by atoms with van der Waals surface area (Å²) < 4.78 is 0. The van der Waals surface area contributed by atoms with E-state index < -0.39 is 0 Å². The highest BCUT2D eigenvalue weighted by Gasteiger charge is 2.18. The van der Waals surface area contributed by atoms with Gasteiger partial charge in [-0.1, -0.05) is 99.7 Å². The lowest BCUT2D eigenvalue weighted by molar-refractivity contribution is -0.132. The summed E-state index contributed by atoms with van der Waals surface area (Å²) in [5, 5.41) is 5.47. The van der Waals surface area contributed by atoms with Crippen molar-refractivity contribution in [1.82, 2.24) is 15.2 Å². The smallest absolute Gasteiger partial charge is 0.271 e. The Hall–Kier alpha value is -2.99. The van der Waals surface area contributed by atoms with Crippen molar-refractivity contribution >= 4 is 23.2 Å². The Balaban J connectivity index is 1.57. The molecule has 0 unspecified atom stereocenters. The van der Waals surface area contributed by atoms with E-state index in [1.807, 2.05) is 65.6 Å². The first-order chi connectivity index (χ1) is 16.7. The van der Waals surface area contributed by atoms with Crippen LogP contribution >= 0.6 is 11.3 Å². The second-order valence-electron chi connectivity index (χ2n) is 8.55. The number of benzene rings is 2. The van der Waals surface area contributed by atoms with Gasteiger partial charge in [0.1, 0.15) is 10.7 Å². The molecule has 1 N–H and O–H groups in total. The van der Waals surface area contributed by atoms with E-state index in [1.165, 1.54) is 37.0 Å². The SMILES string of the molecule is CCCCCCCCC(=O)N(Cc1ccccc1)Cc1nc(C(=O)NCc2ccccc2)cs1. The molecule has 2 aromatic carbocycles. The number of hydrogen-bond donors (Lipinski definition) is 1. The molecule has 5 nitrogen and oxygen atoms in total. The summed E-state index contributed by atoms with van der Waals surface area (Å²) in [6.07, 6.45) is 7.48. The molecular weight excluding hydrogens is 442 g/mol. The number of carbonyl (C=O) groups is 2. The van der Waals surface area contributed by atoms with E-state index >= 15 is 0 Å². The summed E-state index contributed by atoms with van der Waals surface area (Å²) in [7, 11) is 0. The normalized spacial score (nSPS) is 10.7. The first kappa shape index (κ1) is 25.6. The number of carbonyl (C=O) groups excluding carboxylic acids is 2. The Morgan fingerprint density at radius 3 is 2.21 bits per heavy atom. The summed E-state index contributed by atoms with van der Waals surface area (Å²) in [6.45, 7) is 3.64. The molecule has 6 heteroatoms. The largest absolute Gasteiger partial charge is 0.347 e. The fraction of sp³-hybridized carbons (Fsp3) is 0.393. The average Bonchev–Trinajstić information content (AvgIpc) is 3.34. The van der Waals surface area contributed by atoms with Gasteiger partial charge in [-0.25, -0.2) is 4.98 Å². The minimum absolute atomic E-state index is 0.143. The molecular formula is C28H35N3O2S. The van der Waals surface area contributed by atoms with Crippen LogP contribution in [0.25, 0.3) is 0 Å². The van der Waals surface area contributed by atoms with Crippen molar-refractivity contribution in [2.24, 2.45) is 0 Å². The predicted molar refractivity (Wildman–Crippen MR) is 138 cm³/mol. The first-order valence-electron chi connectivity index (χ1n) is 12.2. The minimum Gasteiger partial charge on any atom is -0.347 e. The zero-order chi connectivity index (χ0) is 24.0. The van der Waals surface area contributed by atoms with Crippen molar-refractivity contribution < 1.29 is 9.59 Å². The summed E-state index contributed by atoms with van der Waals surface area (Å²) in [4.78, 5) is 32.0. The topological polar surface area (TPSA) is 62.3 Å². The summed E-state index contributed by atoms with van der Waals surface area (Å²) in [6, 6.07) is 19.8. The Kier molecular flexibility index (Phi) is 10.8. The number of amides is 2. The monoisotopic (exact) mass is 477 g/mol. The van der Waals surface area contributed by atoms with E-state index in [-0.39, 0.29) is 11.8 Å². The van der Waals surface area contributed by atoms with Gasteiger partial charge in [-0.05, 0) is 17.5 Å². The maximum Gasteiger partial charge on any atom is 0.271 e. The van der Waals surface area contributed by atoms with Crippen LogP contribution in [0, 0.1) is 0 Å². The molecule has 2 amide bonds. The molecule has 0 fully saturated rings. The molecule has 0 aliphatic rings. The highest BCUT2D eigenvalue weighted by Crippen LogP contribution is 2.17. The molecule has 0 bridgehead atoms. The molecule has 0 aliphatic carbocycles.